The number of ether oxygens (including phenoxy) is 1. The molecule has 0 heterocycles. The zero-order valence-electron chi connectivity index (χ0n) is 16.9. The fraction of sp³-hybridized carbons (Fsp3) is 0.0769. The SMILES string of the molecule is O=C(NC(=S)Nc1ccc2ccccc2c1)c1ccccc1OCCc1ccccc1. The van der Waals surface area contributed by atoms with Gasteiger partial charge in [0, 0.05) is 12.1 Å². The number of nitrogens with one attached hydrogen (secondary N) is 2. The van der Waals surface area contributed by atoms with E-state index >= 15 is 0 Å². The quantitative estimate of drug-likeness (QED) is 0.395. The summed E-state index contributed by atoms with van der Waals surface area (Å²) in [5.41, 5.74) is 2.44. The summed E-state index contributed by atoms with van der Waals surface area (Å²) >= 11 is 5.35. The van der Waals surface area contributed by atoms with E-state index in [-0.39, 0.29) is 11.0 Å². The number of hydrogen-bond acceptors (Lipinski definition) is 3. The second-order valence-electron chi connectivity index (χ2n) is 7.05. The predicted molar refractivity (Wildman–Crippen MR) is 130 cm³/mol. The van der Waals surface area contributed by atoms with Crippen LogP contribution in [0.2, 0.25) is 0 Å². The maximum atomic E-state index is 12.8. The summed E-state index contributed by atoms with van der Waals surface area (Å²) in [6.45, 7) is 0.480. The van der Waals surface area contributed by atoms with Crippen molar-refractivity contribution in [1.82, 2.24) is 5.32 Å². The van der Waals surface area contributed by atoms with Crippen molar-refractivity contribution in [2.75, 3.05) is 11.9 Å². The minimum Gasteiger partial charge on any atom is -0.492 e. The molecular formula is C26H22N2O2S. The molecule has 0 unspecified atom stereocenters. The monoisotopic (exact) mass is 426 g/mol. The molecule has 0 aliphatic rings. The van der Waals surface area contributed by atoms with Crippen LogP contribution in [0.5, 0.6) is 5.75 Å². The van der Waals surface area contributed by atoms with Crippen molar-refractivity contribution in [3.8, 4) is 5.75 Å². The molecule has 0 atom stereocenters. The first kappa shape index (κ1) is 20.6. The third-order valence-electron chi connectivity index (χ3n) is 4.86. The highest BCUT2D eigenvalue weighted by atomic mass is 32.1. The fourth-order valence-corrected chi connectivity index (χ4v) is 3.51. The molecule has 4 nitrogen and oxygen atoms in total. The summed E-state index contributed by atoms with van der Waals surface area (Å²) in [5, 5.41) is 8.29. The molecule has 1 amide bonds. The Kier molecular flexibility index (Phi) is 6.55. The van der Waals surface area contributed by atoms with Crippen LogP contribution in [0, 0.1) is 0 Å². The summed E-state index contributed by atoms with van der Waals surface area (Å²) in [6, 6.07) is 31.3. The van der Waals surface area contributed by atoms with Crippen LogP contribution < -0.4 is 15.4 Å². The lowest BCUT2D eigenvalue weighted by atomic mass is 10.1. The molecule has 4 aromatic carbocycles. The molecule has 0 aliphatic carbocycles. The largest absolute Gasteiger partial charge is 0.492 e. The minimum absolute atomic E-state index is 0.236. The van der Waals surface area contributed by atoms with Gasteiger partial charge in [0.2, 0.25) is 0 Å². The molecule has 0 aromatic heterocycles. The number of benzene rings is 4. The number of para-hydroxylation sites is 1. The van der Waals surface area contributed by atoms with Crippen LogP contribution in [0.3, 0.4) is 0 Å². The van der Waals surface area contributed by atoms with Crippen molar-refractivity contribution < 1.29 is 9.53 Å². The Morgan fingerprint density at radius 1 is 0.806 bits per heavy atom. The van der Waals surface area contributed by atoms with Crippen molar-refractivity contribution in [1.29, 1.82) is 0 Å². The highest BCUT2D eigenvalue weighted by molar-refractivity contribution is 7.80. The molecule has 154 valence electrons. The van der Waals surface area contributed by atoms with E-state index in [9.17, 15) is 4.79 Å². The third kappa shape index (κ3) is 5.47. The van der Waals surface area contributed by atoms with Gasteiger partial charge in [0.15, 0.2) is 5.11 Å². The van der Waals surface area contributed by atoms with Crippen molar-refractivity contribution in [3.63, 3.8) is 0 Å². The van der Waals surface area contributed by atoms with Gasteiger partial charge in [-0.3, -0.25) is 10.1 Å². The van der Waals surface area contributed by atoms with E-state index in [4.69, 9.17) is 17.0 Å². The standard InChI is InChI=1S/C26H22N2O2S/c29-25(28-26(31)27-22-15-14-20-10-4-5-11-21(20)18-22)23-12-6-7-13-24(23)30-17-16-19-8-2-1-3-9-19/h1-15,18H,16-17H2,(H2,27,28,29,31). The van der Waals surface area contributed by atoms with E-state index in [1.165, 1.54) is 5.56 Å². The van der Waals surface area contributed by atoms with Crippen LogP contribution in [-0.2, 0) is 6.42 Å². The van der Waals surface area contributed by atoms with Gasteiger partial charge in [-0.15, -0.1) is 0 Å². The number of carbonyl (C=O) groups is 1. The number of hydrogen-bond donors (Lipinski definition) is 2. The maximum absolute atomic E-state index is 12.8. The molecule has 0 saturated carbocycles. The smallest absolute Gasteiger partial charge is 0.261 e. The molecule has 31 heavy (non-hydrogen) atoms. The Morgan fingerprint density at radius 3 is 2.35 bits per heavy atom. The van der Waals surface area contributed by atoms with Gasteiger partial charge in [-0.05, 0) is 52.8 Å². The van der Waals surface area contributed by atoms with Crippen molar-refractivity contribution in [2.45, 2.75) is 6.42 Å². The molecule has 0 aliphatic heterocycles. The molecular weight excluding hydrogens is 404 g/mol. The van der Waals surface area contributed by atoms with Crippen LogP contribution in [0.25, 0.3) is 10.8 Å². The third-order valence-corrected chi connectivity index (χ3v) is 5.06. The Bertz CT molecular complexity index is 1210. The number of rotatable bonds is 6. The van der Waals surface area contributed by atoms with Crippen molar-refractivity contribution >= 4 is 39.7 Å². The Labute approximate surface area is 186 Å². The zero-order chi connectivity index (χ0) is 21.5. The van der Waals surface area contributed by atoms with Gasteiger partial charge >= 0.3 is 0 Å². The van der Waals surface area contributed by atoms with E-state index in [2.05, 4.69) is 22.8 Å². The first-order valence-electron chi connectivity index (χ1n) is 10.1. The zero-order valence-corrected chi connectivity index (χ0v) is 17.7. The molecule has 0 radical (unpaired) electrons. The number of thiocarbonyl (C=S) groups is 1. The number of amides is 1. The van der Waals surface area contributed by atoms with Crippen LogP contribution in [0.1, 0.15) is 15.9 Å². The topological polar surface area (TPSA) is 50.4 Å². The lowest BCUT2D eigenvalue weighted by Crippen LogP contribution is -2.34. The Morgan fingerprint density at radius 2 is 1.52 bits per heavy atom. The van der Waals surface area contributed by atoms with Gasteiger partial charge < -0.3 is 10.1 Å². The van der Waals surface area contributed by atoms with Crippen molar-refractivity contribution in [2.24, 2.45) is 0 Å². The summed E-state index contributed by atoms with van der Waals surface area (Å²) in [5.74, 6) is 0.220. The number of carbonyl (C=O) groups excluding carboxylic acids is 1. The predicted octanol–water partition coefficient (Wildman–Crippen LogP) is 5.59. The van der Waals surface area contributed by atoms with Crippen molar-refractivity contribution in [3.05, 3.63) is 108 Å². The number of fused-ring (bicyclic) bond motifs is 1. The van der Waals surface area contributed by atoms with Crippen LogP contribution >= 0.6 is 12.2 Å². The Hall–Kier alpha value is -3.70. The van der Waals surface area contributed by atoms with Gasteiger partial charge in [-0.1, -0.05) is 72.8 Å². The summed E-state index contributed by atoms with van der Waals surface area (Å²) < 4.78 is 5.89. The Balaban J connectivity index is 1.37. The van der Waals surface area contributed by atoms with E-state index in [0.717, 1.165) is 22.9 Å². The van der Waals surface area contributed by atoms with E-state index in [1.807, 2.05) is 66.7 Å². The number of anilines is 1. The molecule has 2 N–H and O–H groups in total. The van der Waals surface area contributed by atoms with Gasteiger partial charge in [0.25, 0.3) is 5.91 Å². The van der Waals surface area contributed by atoms with E-state index in [0.29, 0.717) is 17.9 Å². The normalized spacial score (nSPS) is 10.5. The molecule has 4 aromatic rings. The maximum Gasteiger partial charge on any atom is 0.261 e. The second-order valence-corrected chi connectivity index (χ2v) is 7.46. The first-order chi connectivity index (χ1) is 15.2. The van der Waals surface area contributed by atoms with Crippen LogP contribution in [0.15, 0.2) is 97.1 Å². The average molecular weight is 427 g/mol. The molecule has 0 saturated heterocycles. The van der Waals surface area contributed by atoms with E-state index < -0.39 is 0 Å². The average Bonchev–Trinajstić information content (AvgIpc) is 2.80. The van der Waals surface area contributed by atoms with Crippen LogP contribution in [-0.4, -0.2) is 17.6 Å². The van der Waals surface area contributed by atoms with E-state index in [1.54, 1.807) is 18.2 Å². The molecule has 0 bridgehead atoms. The molecule has 5 heteroatoms. The summed E-state index contributed by atoms with van der Waals surface area (Å²) in [6.07, 6.45) is 0.763. The van der Waals surface area contributed by atoms with Gasteiger partial charge in [-0.2, -0.15) is 0 Å². The van der Waals surface area contributed by atoms with Gasteiger partial charge in [0.05, 0.1) is 12.2 Å². The highest BCUT2D eigenvalue weighted by Gasteiger charge is 2.14. The molecule has 0 spiro atoms. The molecule has 0 fully saturated rings. The first-order valence-corrected chi connectivity index (χ1v) is 10.5. The summed E-state index contributed by atoms with van der Waals surface area (Å²) in [4.78, 5) is 12.8. The highest BCUT2D eigenvalue weighted by Crippen LogP contribution is 2.20. The van der Waals surface area contributed by atoms with Gasteiger partial charge in [0.1, 0.15) is 5.75 Å². The van der Waals surface area contributed by atoms with Crippen LogP contribution in [0.4, 0.5) is 5.69 Å². The lowest BCUT2D eigenvalue weighted by Gasteiger charge is -2.13. The fourth-order valence-electron chi connectivity index (χ4n) is 3.30. The second kappa shape index (κ2) is 9.87. The van der Waals surface area contributed by atoms with Gasteiger partial charge in [-0.25, -0.2) is 0 Å². The molecule has 4 rings (SSSR count). The summed E-state index contributed by atoms with van der Waals surface area (Å²) in [7, 11) is 0. The minimum atomic E-state index is -0.311. The lowest BCUT2D eigenvalue weighted by molar-refractivity contribution is 0.0974.